The second kappa shape index (κ2) is 11.5. The third-order valence-electron chi connectivity index (χ3n) is 4.46. The maximum Gasteiger partial charge on any atom is 0.220 e. The number of carbonyl (C=O) groups is 1. The summed E-state index contributed by atoms with van der Waals surface area (Å²) in [5.41, 5.74) is 6.11. The van der Waals surface area contributed by atoms with Crippen molar-refractivity contribution in [1.29, 1.82) is 0 Å². The summed E-state index contributed by atoms with van der Waals surface area (Å²) in [6.45, 7) is 6.52. The molecule has 2 aliphatic rings. The normalized spacial score (nSPS) is 27.2. The van der Waals surface area contributed by atoms with E-state index in [2.05, 4.69) is 17.1 Å². The van der Waals surface area contributed by atoms with Crippen molar-refractivity contribution >= 4 is 30.7 Å². The molecule has 2 rings (SSSR count). The average molecular weight is 356 g/mol. The van der Waals surface area contributed by atoms with Crippen LogP contribution in [0.15, 0.2) is 0 Å². The summed E-state index contributed by atoms with van der Waals surface area (Å²) in [6.07, 6.45) is 5.20. The van der Waals surface area contributed by atoms with Crippen LogP contribution in [0.1, 0.15) is 39.0 Å². The number of morpholine rings is 1. The van der Waals surface area contributed by atoms with Gasteiger partial charge in [0, 0.05) is 38.1 Å². The lowest BCUT2D eigenvalue weighted by Crippen LogP contribution is -2.47. The van der Waals surface area contributed by atoms with Crippen LogP contribution in [0.25, 0.3) is 0 Å². The van der Waals surface area contributed by atoms with Crippen LogP contribution in [0.5, 0.6) is 0 Å². The molecule has 132 valence electrons. The second-order valence-electron chi connectivity index (χ2n) is 6.29. The zero-order chi connectivity index (χ0) is 14.4. The van der Waals surface area contributed by atoms with Gasteiger partial charge in [-0.25, -0.2) is 0 Å². The van der Waals surface area contributed by atoms with E-state index >= 15 is 0 Å². The summed E-state index contributed by atoms with van der Waals surface area (Å²) in [4.78, 5) is 14.4. The number of carbonyl (C=O) groups excluding carboxylic acids is 1. The van der Waals surface area contributed by atoms with E-state index < -0.39 is 0 Å². The second-order valence-corrected chi connectivity index (χ2v) is 6.29. The maximum absolute atomic E-state index is 12.1. The monoisotopic (exact) mass is 355 g/mol. The number of nitrogens with two attached hydrogens (primary N) is 1. The van der Waals surface area contributed by atoms with Crippen LogP contribution in [-0.2, 0) is 9.53 Å². The summed E-state index contributed by atoms with van der Waals surface area (Å²) in [6, 6.07) is 0.407. The van der Waals surface area contributed by atoms with E-state index in [4.69, 9.17) is 10.5 Å². The van der Waals surface area contributed by atoms with Gasteiger partial charge in [-0.3, -0.25) is 9.69 Å². The van der Waals surface area contributed by atoms with Gasteiger partial charge in [0.15, 0.2) is 0 Å². The molecule has 1 saturated heterocycles. The number of rotatable bonds is 5. The van der Waals surface area contributed by atoms with Crippen LogP contribution in [0.4, 0.5) is 0 Å². The lowest BCUT2D eigenvalue weighted by Gasteiger charge is -2.31. The molecule has 0 aromatic carbocycles. The quantitative estimate of drug-likeness (QED) is 0.785. The Bertz CT molecular complexity index is 315. The van der Waals surface area contributed by atoms with Crippen molar-refractivity contribution in [2.75, 3.05) is 32.8 Å². The highest BCUT2D eigenvalue weighted by Crippen LogP contribution is 2.25. The van der Waals surface area contributed by atoms with Crippen LogP contribution in [0, 0.1) is 5.92 Å². The summed E-state index contributed by atoms with van der Waals surface area (Å²) in [5.74, 6) is 0.535. The van der Waals surface area contributed by atoms with Crippen molar-refractivity contribution in [1.82, 2.24) is 10.2 Å². The number of nitrogens with zero attached hydrogens (tertiary/aromatic N) is 1. The average Bonchev–Trinajstić information content (AvgIpc) is 2.42. The Kier molecular flexibility index (Phi) is 11.4. The van der Waals surface area contributed by atoms with Gasteiger partial charge < -0.3 is 15.8 Å². The Labute approximate surface area is 146 Å². The molecular weight excluding hydrogens is 325 g/mol. The fourth-order valence-corrected chi connectivity index (χ4v) is 3.28. The van der Waals surface area contributed by atoms with Crippen LogP contribution in [-0.4, -0.2) is 55.7 Å². The lowest BCUT2D eigenvalue weighted by molar-refractivity contribution is -0.123. The van der Waals surface area contributed by atoms with E-state index in [1.54, 1.807) is 0 Å². The van der Waals surface area contributed by atoms with Crippen molar-refractivity contribution < 1.29 is 9.53 Å². The molecule has 1 heterocycles. The minimum atomic E-state index is 0. The third-order valence-corrected chi connectivity index (χ3v) is 4.46. The van der Waals surface area contributed by atoms with Crippen molar-refractivity contribution in [2.24, 2.45) is 11.7 Å². The van der Waals surface area contributed by atoms with Gasteiger partial charge in [0.25, 0.3) is 0 Å². The fraction of sp³-hybridized carbons (Fsp3) is 0.933. The fourth-order valence-electron chi connectivity index (χ4n) is 3.28. The molecular formula is C15H31Cl2N3O2. The van der Waals surface area contributed by atoms with Gasteiger partial charge in [-0.15, -0.1) is 24.8 Å². The van der Waals surface area contributed by atoms with E-state index in [-0.39, 0.29) is 42.8 Å². The number of hydrogen-bond acceptors (Lipinski definition) is 4. The van der Waals surface area contributed by atoms with Gasteiger partial charge in [0.1, 0.15) is 0 Å². The van der Waals surface area contributed by atoms with Gasteiger partial charge >= 0.3 is 0 Å². The molecule has 3 atom stereocenters. The molecule has 22 heavy (non-hydrogen) atoms. The molecule has 0 radical (unpaired) electrons. The zero-order valence-corrected chi connectivity index (χ0v) is 15.1. The van der Waals surface area contributed by atoms with E-state index in [1.807, 2.05) is 0 Å². The first-order valence-corrected chi connectivity index (χ1v) is 8.00. The van der Waals surface area contributed by atoms with Crippen LogP contribution in [0.3, 0.4) is 0 Å². The molecule has 5 nitrogen and oxygen atoms in total. The Morgan fingerprint density at radius 2 is 1.91 bits per heavy atom. The van der Waals surface area contributed by atoms with E-state index in [0.29, 0.717) is 12.3 Å². The highest BCUT2D eigenvalue weighted by atomic mass is 35.5. The molecule has 1 aliphatic carbocycles. The van der Waals surface area contributed by atoms with Gasteiger partial charge in [-0.2, -0.15) is 0 Å². The molecule has 0 aromatic rings. The number of nitrogens with one attached hydrogen (secondary N) is 1. The molecule has 2 fully saturated rings. The Morgan fingerprint density at radius 3 is 2.55 bits per heavy atom. The van der Waals surface area contributed by atoms with E-state index in [0.717, 1.165) is 45.7 Å². The van der Waals surface area contributed by atoms with E-state index in [1.165, 1.54) is 12.8 Å². The molecule has 0 spiro atoms. The molecule has 0 aromatic heterocycles. The Hall–Kier alpha value is -0.0700. The summed E-state index contributed by atoms with van der Waals surface area (Å²) >= 11 is 0. The van der Waals surface area contributed by atoms with Crippen molar-refractivity contribution in [3.8, 4) is 0 Å². The molecule has 3 unspecified atom stereocenters. The minimum Gasteiger partial charge on any atom is -0.379 e. The minimum absolute atomic E-state index is 0. The predicted octanol–water partition coefficient (Wildman–Crippen LogP) is 1.57. The standard InChI is InChI=1S/C15H29N3O2.2ClH/c1-12(11-18-6-8-20-9-7-18)17-15(19)10-13-4-2-3-5-14(13)16;;/h12-14H,2-11,16H2,1H3,(H,17,19);2*1H. The van der Waals surface area contributed by atoms with Crippen molar-refractivity contribution in [2.45, 2.75) is 51.1 Å². The molecule has 1 saturated carbocycles. The first-order chi connectivity index (χ1) is 9.65. The first kappa shape index (κ1) is 21.9. The molecule has 7 heteroatoms. The Balaban J connectivity index is 0.00000220. The summed E-state index contributed by atoms with van der Waals surface area (Å²) < 4.78 is 5.33. The van der Waals surface area contributed by atoms with E-state index in [9.17, 15) is 4.79 Å². The number of hydrogen-bond donors (Lipinski definition) is 2. The maximum atomic E-state index is 12.1. The topological polar surface area (TPSA) is 67.6 Å². The van der Waals surface area contributed by atoms with Crippen LogP contribution >= 0.6 is 24.8 Å². The third kappa shape index (κ3) is 7.47. The number of ether oxygens (including phenoxy) is 1. The molecule has 0 bridgehead atoms. The zero-order valence-electron chi connectivity index (χ0n) is 13.5. The number of amides is 1. The summed E-state index contributed by atoms with van der Waals surface area (Å²) in [5, 5.41) is 3.12. The van der Waals surface area contributed by atoms with Crippen LogP contribution in [0.2, 0.25) is 0 Å². The van der Waals surface area contributed by atoms with Gasteiger partial charge in [-0.1, -0.05) is 12.8 Å². The summed E-state index contributed by atoms with van der Waals surface area (Å²) in [7, 11) is 0. The van der Waals surface area contributed by atoms with Crippen molar-refractivity contribution in [3.63, 3.8) is 0 Å². The lowest BCUT2D eigenvalue weighted by atomic mass is 9.83. The van der Waals surface area contributed by atoms with Gasteiger partial charge in [-0.05, 0) is 25.7 Å². The molecule has 1 amide bonds. The SMILES string of the molecule is CC(CN1CCOCC1)NC(=O)CC1CCCCC1N.Cl.Cl. The predicted molar refractivity (Wildman–Crippen MR) is 93.9 cm³/mol. The van der Waals surface area contributed by atoms with Gasteiger partial charge in [0.05, 0.1) is 13.2 Å². The molecule has 1 aliphatic heterocycles. The number of halogens is 2. The smallest absolute Gasteiger partial charge is 0.220 e. The Morgan fingerprint density at radius 1 is 1.27 bits per heavy atom. The highest BCUT2D eigenvalue weighted by molar-refractivity contribution is 5.85. The van der Waals surface area contributed by atoms with Gasteiger partial charge in [0.2, 0.25) is 5.91 Å². The largest absolute Gasteiger partial charge is 0.379 e. The highest BCUT2D eigenvalue weighted by Gasteiger charge is 2.24. The first-order valence-electron chi connectivity index (χ1n) is 8.00. The molecule has 3 N–H and O–H groups in total. The van der Waals surface area contributed by atoms with Crippen LogP contribution < -0.4 is 11.1 Å². The van der Waals surface area contributed by atoms with Crippen molar-refractivity contribution in [3.05, 3.63) is 0 Å².